The number of hydrogen-bond donors (Lipinski definition) is 0. The van der Waals surface area contributed by atoms with Crippen LogP contribution in [0.5, 0.6) is 0 Å². The Morgan fingerprint density at radius 3 is 2.59 bits per heavy atom. The van der Waals surface area contributed by atoms with E-state index >= 15 is 0 Å². The van der Waals surface area contributed by atoms with Crippen molar-refractivity contribution in [3.05, 3.63) is 35.7 Å². The zero-order valence-electron chi connectivity index (χ0n) is 10.9. The second kappa shape index (κ2) is 3.59. The summed E-state index contributed by atoms with van der Waals surface area (Å²) in [6.45, 7) is 6.87. The molecule has 2 nitrogen and oxygen atoms in total. The van der Waals surface area contributed by atoms with Crippen LogP contribution in [0.2, 0.25) is 0 Å². The third-order valence-electron chi connectivity index (χ3n) is 3.81. The predicted octanol–water partition coefficient (Wildman–Crippen LogP) is 3.90. The second-order valence-electron chi connectivity index (χ2n) is 6.17. The number of nitrogens with zero attached hydrogens (tertiary/aromatic N) is 2. The molecular weight excluding hydrogens is 208 g/mol. The largest absolute Gasteiger partial charge is 0.240 e. The summed E-state index contributed by atoms with van der Waals surface area (Å²) in [6, 6.07) is 6.35. The van der Waals surface area contributed by atoms with E-state index in [1.165, 1.54) is 36.0 Å². The van der Waals surface area contributed by atoms with Crippen LogP contribution in [-0.4, -0.2) is 9.61 Å². The van der Waals surface area contributed by atoms with Crippen LogP contribution >= 0.6 is 0 Å². The number of pyridine rings is 1. The molecule has 1 aliphatic rings. The lowest BCUT2D eigenvalue weighted by atomic mass is 9.76. The molecule has 1 saturated carbocycles. The van der Waals surface area contributed by atoms with Crippen molar-refractivity contribution in [2.24, 2.45) is 0 Å². The SMILES string of the molecule is CC(C)(C)c1c(C2CCC2)nn2ccccc12. The van der Waals surface area contributed by atoms with Crippen molar-refractivity contribution >= 4 is 5.52 Å². The summed E-state index contributed by atoms with van der Waals surface area (Å²) >= 11 is 0. The first-order chi connectivity index (χ1) is 8.07. The van der Waals surface area contributed by atoms with Crippen LogP contribution in [0.3, 0.4) is 0 Å². The zero-order valence-corrected chi connectivity index (χ0v) is 10.9. The Balaban J connectivity index is 2.25. The fourth-order valence-electron chi connectivity index (χ4n) is 2.75. The minimum Gasteiger partial charge on any atom is -0.240 e. The molecule has 2 heterocycles. The summed E-state index contributed by atoms with van der Waals surface area (Å²) in [6.07, 6.45) is 6.05. The summed E-state index contributed by atoms with van der Waals surface area (Å²) in [7, 11) is 0. The van der Waals surface area contributed by atoms with E-state index in [2.05, 4.69) is 45.2 Å². The molecule has 0 N–H and O–H groups in total. The Morgan fingerprint density at radius 2 is 2.00 bits per heavy atom. The highest BCUT2D eigenvalue weighted by atomic mass is 15.2. The van der Waals surface area contributed by atoms with Crippen LogP contribution in [-0.2, 0) is 5.41 Å². The van der Waals surface area contributed by atoms with Gasteiger partial charge in [0, 0.05) is 17.7 Å². The van der Waals surface area contributed by atoms with Gasteiger partial charge in [0.1, 0.15) is 0 Å². The Hall–Kier alpha value is -1.31. The van der Waals surface area contributed by atoms with Gasteiger partial charge >= 0.3 is 0 Å². The van der Waals surface area contributed by atoms with E-state index in [4.69, 9.17) is 5.10 Å². The first-order valence-electron chi connectivity index (χ1n) is 6.55. The van der Waals surface area contributed by atoms with Gasteiger partial charge in [-0.1, -0.05) is 33.3 Å². The average molecular weight is 228 g/mol. The molecule has 0 atom stereocenters. The second-order valence-corrected chi connectivity index (χ2v) is 6.17. The highest BCUT2D eigenvalue weighted by molar-refractivity contribution is 5.60. The van der Waals surface area contributed by atoms with Gasteiger partial charge in [0.15, 0.2) is 0 Å². The van der Waals surface area contributed by atoms with Gasteiger partial charge in [0.2, 0.25) is 0 Å². The standard InChI is InChI=1S/C15H20N2/c1-15(2,3)13-12-9-4-5-10-17(12)16-14(13)11-7-6-8-11/h4-5,9-11H,6-8H2,1-3H3. The van der Waals surface area contributed by atoms with E-state index in [1.807, 2.05) is 4.52 Å². The number of fused-ring (bicyclic) bond motifs is 1. The summed E-state index contributed by atoms with van der Waals surface area (Å²) < 4.78 is 2.05. The normalized spacial score (nSPS) is 17.4. The van der Waals surface area contributed by atoms with Gasteiger partial charge in [-0.3, -0.25) is 0 Å². The first-order valence-corrected chi connectivity index (χ1v) is 6.55. The molecule has 0 aromatic carbocycles. The minimum absolute atomic E-state index is 0.175. The molecule has 0 radical (unpaired) electrons. The molecule has 1 aliphatic carbocycles. The van der Waals surface area contributed by atoms with Crippen LogP contribution < -0.4 is 0 Å². The molecular formula is C15H20N2. The molecule has 0 unspecified atom stereocenters. The Bertz CT molecular complexity index is 542. The fourth-order valence-corrected chi connectivity index (χ4v) is 2.75. The smallest absolute Gasteiger partial charge is 0.0703 e. The fraction of sp³-hybridized carbons (Fsp3) is 0.533. The van der Waals surface area contributed by atoms with E-state index < -0.39 is 0 Å². The molecule has 2 aromatic rings. The van der Waals surface area contributed by atoms with Gasteiger partial charge in [0.25, 0.3) is 0 Å². The number of hydrogen-bond acceptors (Lipinski definition) is 1. The Morgan fingerprint density at radius 1 is 1.24 bits per heavy atom. The maximum absolute atomic E-state index is 4.82. The van der Waals surface area contributed by atoms with Gasteiger partial charge in [-0.15, -0.1) is 0 Å². The quantitative estimate of drug-likeness (QED) is 0.723. The van der Waals surface area contributed by atoms with Crippen molar-refractivity contribution in [2.75, 3.05) is 0 Å². The summed E-state index contributed by atoms with van der Waals surface area (Å²) in [4.78, 5) is 0. The van der Waals surface area contributed by atoms with Crippen molar-refractivity contribution < 1.29 is 0 Å². The van der Waals surface area contributed by atoms with Crippen molar-refractivity contribution in [1.82, 2.24) is 9.61 Å². The monoisotopic (exact) mass is 228 g/mol. The van der Waals surface area contributed by atoms with E-state index in [9.17, 15) is 0 Å². The minimum atomic E-state index is 0.175. The molecule has 0 aliphatic heterocycles. The van der Waals surface area contributed by atoms with E-state index in [-0.39, 0.29) is 5.41 Å². The lowest BCUT2D eigenvalue weighted by Crippen LogP contribution is -2.18. The molecule has 3 rings (SSSR count). The van der Waals surface area contributed by atoms with Crippen LogP contribution in [0, 0.1) is 0 Å². The van der Waals surface area contributed by atoms with Crippen LogP contribution in [0.25, 0.3) is 5.52 Å². The van der Waals surface area contributed by atoms with Gasteiger partial charge in [-0.2, -0.15) is 5.10 Å². The van der Waals surface area contributed by atoms with Crippen molar-refractivity contribution in [3.8, 4) is 0 Å². The first kappa shape index (κ1) is 10.8. The van der Waals surface area contributed by atoms with E-state index in [0.717, 1.165) is 0 Å². The van der Waals surface area contributed by atoms with E-state index in [1.54, 1.807) is 0 Å². The van der Waals surface area contributed by atoms with Crippen LogP contribution in [0.1, 0.15) is 57.2 Å². The Labute approximate surface area is 103 Å². The van der Waals surface area contributed by atoms with Gasteiger partial charge in [-0.25, -0.2) is 4.52 Å². The summed E-state index contributed by atoms with van der Waals surface area (Å²) in [5.74, 6) is 0.698. The van der Waals surface area contributed by atoms with Gasteiger partial charge < -0.3 is 0 Å². The summed E-state index contributed by atoms with van der Waals surface area (Å²) in [5.41, 5.74) is 4.24. The highest BCUT2D eigenvalue weighted by Gasteiger charge is 2.31. The maximum Gasteiger partial charge on any atom is 0.0703 e. The molecule has 0 bridgehead atoms. The van der Waals surface area contributed by atoms with Crippen LogP contribution in [0.15, 0.2) is 24.4 Å². The van der Waals surface area contributed by atoms with Crippen LogP contribution in [0.4, 0.5) is 0 Å². The molecule has 90 valence electrons. The molecule has 1 fully saturated rings. The van der Waals surface area contributed by atoms with Gasteiger partial charge in [0.05, 0.1) is 11.2 Å². The lowest BCUT2D eigenvalue weighted by Gasteiger charge is -2.28. The lowest BCUT2D eigenvalue weighted by molar-refractivity contribution is 0.401. The number of rotatable bonds is 1. The average Bonchev–Trinajstić information content (AvgIpc) is 2.52. The summed E-state index contributed by atoms with van der Waals surface area (Å²) in [5, 5.41) is 4.82. The van der Waals surface area contributed by atoms with Crippen molar-refractivity contribution in [2.45, 2.75) is 51.4 Å². The molecule has 2 heteroatoms. The van der Waals surface area contributed by atoms with Crippen molar-refractivity contribution in [1.29, 1.82) is 0 Å². The molecule has 2 aromatic heterocycles. The Kier molecular flexibility index (Phi) is 2.29. The van der Waals surface area contributed by atoms with Crippen molar-refractivity contribution in [3.63, 3.8) is 0 Å². The zero-order chi connectivity index (χ0) is 12.0. The molecule has 17 heavy (non-hydrogen) atoms. The third kappa shape index (κ3) is 1.67. The molecule has 0 spiro atoms. The van der Waals surface area contributed by atoms with E-state index in [0.29, 0.717) is 5.92 Å². The third-order valence-corrected chi connectivity index (χ3v) is 3.81. The van der Waals surface area contributed by atoms with Gasteiger partial charge in [-0.05, 0) is 30.4 Å². The maximum atomic E-state index is 4.82. The number of aromatic nitrogens is 2. The molecule has 0 amide bonds. The molecule has 0 saturated heterocycles. The topological polar surface area (TPSA) is 17.3 Å². The highest BCUT2D eigenvalue weighted by Crippen LogP contribution is 2.42. The predicted molar refractivity (Wildman–Crippen MR) is 70.5 cm³/mol.